The molecule has 0 aliphatic heterocycles. The number of carbonyl (C=O) groups excluding carboxylic acids is 2. The molecule has 0 radical (unpaired) electrons. The Labute approximate surface area is 193 Å². The van der Waals surface area contributed by atoms with Gasteiger partial charge in [0.05, 0.1) is 12.0 Å². The van der Waals surface area contributed by atoms with E-state index >= 15 is 0 Å². The van der Waals surface area contributed by atoms with Gasteiger partial charge in [0.15, 0.2) is 11.5 Å². The fourth-order valence-corrected chi connectivity index (χ4v) is 3.05. The van der Waals surface area contributed by atoms with Gasteiger partial charge in [0.25, 0.3) is 11.6 Å². The summed E-state index contributed by atoms with van der Waals surface area (Å²) in [5, 5.41) is 16.2. The van der Waals surface area contributed by atoms with E-state index in [-0.39, 0.29) is 11.3 Å². The number of nitrogens with one attached hydrogen (secondary N) is 2. The van der Waals surface area contributed by atoms with Crippen molar-refractivity contribution in [2.45, 2.75) is 26.8 Å². The number of ether oxygens (including phenoxy) is 2. The Balaban J connectivity index is 2.01. The van der Waals surface area contributed by atoms with Crippen molar-refractivity contribution in [2.75, 3.05) is 38.7 Å². The lowest BCUT2D eigenvalue weighted by Gasteiger charge is -2.19. The lowest BCUT2D eigenvalue weighted by atomic mass is 10.1. The fraction of sp³-hybridized carbons (Fsp3) is 0.391. The van der Waals surface area contributed by atoms with Crippen LogP contribution in [0.3, 0.4) is 0 Å². The zero-order valence-corrected chi connectivity index (χ0v) is 19.3. The molecule has 10 nitrogen and oxygen atoms in total. The molecule has 2 rings (SSSR count). The number of hydrogen-bond acceptors (Lipinski definition) is 7. The highest BCUT2D eigenvalue weighted by Crippen LogP contribution is 2.30. The number of benzene rings is 2. The number of nitrogens with zero attached hydrogens (tertiary/aromatic N) is 2. The summed E-state index contributed by atoms with van der Waals surface area (Å²) < 4.78 is 11.2. The molecule has 0 bridgehead atoms. The second kappa shape index (κ2) is 12.4. The normalized spacial score (nSPS) is 11.5. The third-order valence-electron chi connectivity index (χ3n) is 5.05. The van der Waals surface area contributed by atoms with Crippen molar-refractivity contribution in [1.29, 1.82) is 0 Å². The van der Waals surface area contributed by atoms with Crippen LogP contribution in [0.4, 0.5) is 11.4 Å². The molecule has 0 aromatic heterocycles. The van der Waals surface area contributed by atoms with Gasteiger partial charge in [-0.15, -0.1) is 0 Å². The summed E-state index contributed by atoms with van der Waals surface area (Å²) in [4.78, 5) is 37.5. The molecule has 178 valence electrons. The molecule has 2 amide bonds. The first-order chi connectivity index (χ1) is 15.8. The van der Waals surface area contributed by atoms with E-state index in [9.17, 15) is 19.7 Å². The first kappa shape index (κ1) is 25.6. The van der Waals surface area contributed by atoms with Gasteiger partial charge in [-0.2, -0.15) is 0 Å². The molecule has 2 aromatic carbocycles. The Bertz CT molecular complexity index is 977. The minimum atomic E-state index is -0.883. The van der Waals surface area contributed by atoms with Gasteiger partial charge in [0.2, 0.25) is 5.91 Å². The molecule has 1 atom stereocenters. The molecule has 0 fully saturated rings. The lowest BCUT2D eigenvalue weighted by molar-refractivity contribution is -0.384. The van der Waals surface area contributed by atoms with Crippen LogP contribution in [0.25, 0.3) is 0 Å². The number of amides is 2. The zero-order valence-electron chi connectivity index (χ0n) is 19.3. The molecule has 2 aromatic rings. The van der Waals surface area contributed by atoms with Crippen LogP contribution in [0.1, 0.15) is 31.1 Å². The van der Waals surface area contributed by atoms with E-state index in [1.54, 1.807) is 18.2 Å². The van der Waals surface area contributed by atoms with Crippen LogP contribution in [0, 0.1) is 10.1 Å². The summed E-state index contributed by atoms with van der Waals surface area (Å²) in [6, 6.07) is 9.44. The van der Waals surface area contributed by atoms with Gasteiger partial charge < -0.3 is 25.0 Å². The Morgan fingerprint density at radius 3 is 2.48 bits per heavy atom. The van der Waals surface area contributed by atoms with Gasteiger partial charge in [-0.3, -0.25) is 19.7 Å². The summed E-state index contributed by atoms with van der Waals surface area (Å²) in [6.07, 6.45) is 0. The minimum absolute atomic E-state index is 0.0946. The van der Waals surface area contributed by atoms with Gasteiger partial charge in [-0.05, 0) is 38.2 Å². The van der Waals surface area contributed by atoms with Crippen LogP contribution >= 0.6 is 0 Å². The first-order valence-electron chi connectivity index (χ1n) is 10.7. The predicted octanol–water partition coefficient (Wildman–Crippen LogP) is 3.08. The van der Waals surface area contributed by atoms with E-state index in [2.05, 4.69) is 29.4 Å². The SMILES string of the molecule is CCN(CC)CCOc1cc(NC(=O)C(C)NC(=O)c2cccc([N+](=O)[O-])c2)ccc1OC. The molecule has 10 heteroatoms. The molecule has 0 aliphatic rings. The van der Waals surface area contributed by atoms with Crippen LogP contribution in [-0.4, -0.2) is 61.0 Å². The highest BCUT2D eigenvalue weighted by molar-refractivity contribution is 6.01. The number of nitro benzene ring substituents is 1. The number of non-ortho nitro benzene ring substituents is 1. The molecule has 0 saturated heterocycles. The average molecular weight is 459 g/mol. The molecular formula is C23H30N4O6. The summed E-state index contributed by atoms with van der Waals surface area (Å²) in [5.41, 5.74) is 0.374. The average Bonchev–Trinajstić information content (AvgIpc) is 2.82. The predicted molar refractivity (Wildman–Crippen MR) is 125 cm³/mol. The highest BCUT2D eigenvalue weighted by Gasteiger charge is 2.19. The highest BCUT2D eigenvalue weighted by atomic mass is 16.6. The molecule has 0 heterocycles. The summed E-state index contributed by atoms with van der Waals surface area (Å²) in [5.74, 6) is -0.000136. The van der Waals surface area contributed by atoms with E-state index in [0.29, 0.717) is 23.8 Å². The Morgan fingerprint density at radius 1 is 1.12 bits per heavy atom. The number of hydrogen-bond donors (Lipinski definition) is 2. The maximum atomic E-state index is 12.6. The number of rotatable bonds is 12. The van der Waals surface area contributed by atoms with Crippen molar-refractivity contribution >= 4 is 23.2 Å². The van der Waals surface area contributed by atoms with Gasteiger partial charge in [0, 0.05) is 36.0 Å². The Morgan fingerprint density at radius 2 is 1.85 bits per heavy atom. The molecule has 0 saturated carbocycles. The maximum absolute atomic E-state index is 12.6. The van der Waals surface area contributed by atoms with E-state index in [1.165, 1.54) is 32.2 Å². The molecule has 0 spiro atoms. The standard InChI is InChI=1S/C23H30N4O6/c1-5-26(6-2)12-13-33-21-15-18(10-11-20(21)32-4)25-22(28)16(3)24-23(29)17-8-7-9-19(14-17)27(30)31/h7-11,14-16H,5-6,12-13H2,1-4H3,(H,24,29)(H,25,28). The number of carbonyl (C=O) groups is 2. The summed E-state index contributed by atoms with van der Waals surface area (Å²) in [7, 11) is 1.54. The third kappa shape index (κ3) is 7.46. The van der Waals surface area contributed by atoms with Crippen molar-refractivity contribution in [3.8, 4) is 11.5 Å². The topological polar surface area (TPSA) is 123 Å². The summed E-state index contributed by atoms with van der Waals surface area (Å²) in [6.45, 7) is 8.76. The number of methoxy groups -OCH3 is 1. The maximum Gasteiger partial charge on any atom is 0.270 e. The van der Waals surface area contributed by atoms with Crippen molar-refractivity contribution in [3.05, 3.63) is 58.1 Å². The largest absolute Gasteiger partial charge is 0.493 e. The molecule has 1 unspecified atom stereocenters. The van der Waals surface area contributed by atoms with Crippen molar-refractivity contribution in [3.63, 3.8) is 0 Å². The van der Waals surface area contributed by atoms with E-state index in [1.807, 2.05) is 0 Å². The van der Waals surface area contributed by atoms with Gasteiger partial charge in [0.1, 0.15) is 12.6 Å². The fourth-order valence-electron chi connectivity index (χ4n) is 3.05. The van der Waals surface area contributed by atoms with Crippen molar-refractivity contribution in [2.24, 2.45) is 0 Å². The van der Waals surface area contributed by atoms with Crippen molar-refractivity contribution in [1.82, 2.24) is 10.2 Å². The van der Waals surface area contributed by atoms with Gasteiger partial charge in [-0.25, -0.2) is 0 Å². The third-order valence-corrected chi connectivity index (χ3v) is 5.05. The zero-order chi connectivity index (χ0) is 24.4. The second-order valence-electron chi connectivity index (χ2n) is 7.23. The quantitative estimate of drug-likeness (QED) is 0.370. The Kier molecular flexibility index (Phi) is 9.62. The lowest BCUT2D eigenvalue weighted by Crippen LogP contribution is -2.41. The van der Waals surface area contributed by atoms with E-state index in [4.69, 9.17) is 9.47 Å². The van der Waals surface area contributed by atoms with Gasteiger partial charge in [-0.1, -0.05) is 19.9 Å². The van der Waals surface area contributed by atoms with E-state index in [0.717, 1.165) is 25.7 Å². The first-order valence-corrected chi connectivity index (χ1v) is 10.7. The number of nitro groups is 1. The second-order valence-corrected chi connectivity index (χ2v) is 7.23. The minimum Gasteiger partial charge on any atom is -0.493 e. The van der Waals surface area contributed by atoms with Crippen LogP contribution in [0.5, 0.6) is 11.5 Å². The summed E-state index contributed by atoms with van der Waals surface area (Å²) >= 11 is 0. The van der Waals surface area contributed by atoms with Gasteiger partial charge >= 0.3 is 0 Å². The van der Waals surface area contributed by atoms with Crippen LogP contribution in [0.15, 0.2) is 42.5 Å². The smallest absolute Gasteiger partial charge is 0.270 e. The monoisotopic (exact) mass is 458 g/mol. The van der Waals surface area contributed by atoms with E-state index < -0.39 is 22.8 Å². The Hall–Kier alpha value is -3.66. The molecule has 0 aliphatic carbocycles. The van der Waals surface area contributed by atoms with Crippen LogP contribution in [-0.2, 0) is 4.79 Å². The molecular weight excluding hydrogens is 428 g/mol. The van der Waals surface area contributed by atoms with Crippen LogP contribution < -0.4 is 20.1 Å². The van der Waals surface area contributed by atoms with Crippen LogP contribution in [0.2, 0.25) is 0 Å². The molecule has 33 heavy (non-hydrogen) atoms. The number of anilines is 1. The van der Waals surface area contributed by atoms with Crippen molar-refractivity contribution < 1.29 is 24.0 Å². The molecule has 2 N–H and O–H groups in total. The number of likely N-dealkylation sites (N-methyl/N-ethyl adjacent to an activating group) is 1.